The van der Waals surface area contributed by atoms with E-state index in [4.69, 9.17) is 14.6 Å². The highest BCUT2D eigenvalue weighted by Crippen LogP contribution is 2.48. The first-order valence-electron chi connectivity index (χ1n) is 15.7. The number of amides is 2. The van der Waals surface area contributed by atoms with E-state index in [1.165, 1.54) is 49.1 Å². The molecule has 3 aliphatic heterocycles. The molecule has 0 radical (unpaired) electrons. The minimum atomic E-state index is -5.19. The highest BCUT2D eigenvalue weighted by molar-refractivity contribution is 5.80. The third-order valence-corrected chi connectivity index (χ3v) is 10.3. The molecule has 2 amide bonds. The number of carbonyl (C=O) groups is 3. The van der Waals surface area contributed by atoms with E-state index in [1.807, 2.05) is 17.0 Å². The van der Waals surface area contributed by atoms with Crippen LogP contribution in [0.3, 0.4) is 0 Å². The summed E-state index contributed by atoms with van der Waals surface area (Å²) < 4.78 is 50.6. The zero-order chi connectivity index (χ0) is 32.3. The summed E-state index contributed by atoms with van der Waals surface area (Å²) in [6.07, 6.45) is 3.66. The number of piperidine rings is 2. The van der Waals surface area contributed by atoms with Gasteiger partial charge in [-0.25, -0.2) is 9.18 Å². The van der Waals surface area contributed by atoms with Crippen molar-refractivity contribution in [3.05, 3.63) is 35.6 Å². The lowest BCUT2D eigenvalue weighted by molar-refractivity contribution is -0.887. The van der Waals surface area contributed by atoms with Crippen LogP contribution in [0.25, 0.3) is 0 Å². The summed E-state index contributed by atoms with van der Waals surface area (Å²) >= 11 is 0. The number of nitrogens with zero attached hydrogens (tertiary/aromatic N) is 2. The maximum Gasteiger partial charge on any atom is 0.430 e. The monoisotopic (exact) mass is 627 g/mol. The zero-order valence-electron chi connectivity index (χ0n) is 25.9. The SMILES string of the molecule is C[NH+]1CCC(C(=O)N2CCC(CN3C(=O)OCC3(C)C)(C3CCCCC3)CC2)C(c2ccc(F)cc2)C1.O=C([O-])C(F)(F)F. The molecule has 0 spiro atoms. The van der Waals surface area contributed by atoms with Crippen molar-refractivity contribution in [2.45, 2.75) is 82.8 Å². The van der Waals surface area contributed by atoms with Crippen LogP contribution in [-0.4, -0.2) is 85.9 Å². The van der Waals surface area contributed by atoms with Crippen LogP contribution in [0.2, 0.25) is 0 Å². The lowest BCUT2D eigenvalue weighted by atomic mass is 9.63. The van der Waals surface area contributed by atoms with Crippen molar-refractivity contribution in [3.8, 4) is 0 Å². The smallest absolute Gasteiger partial charge is 0.430 e. The number of hydrogen-bond acceptors (Lipinski definition) is 5. The number of rotatable bonds is 5. The molecule has 1 aromatic carbocycles. The molecule has 1 N–H and O–H groups in total. The second-order valence-corrected chi connectivity index (χ2v) is 13.7. The lowest BCUT2D eigenvalue weighted by Gasteiger charge is -2.51. The number of alkyl halides is 3. The van der Waals surface area contributed by atoms with Crippen LogP contribution in [0.5, 0.6) is 0 Å². The van der Waals surface area contributed by atoms with E-state index in [1.54, 1.807) is 0 Å². The molecule has 12 heteroatoms. The third-order valence-electron chi connectivity index (χ3n) is 10.3. The molecule has 4 aliphatic rings. The summed E-state index contributed by atoms with van der Waals surface area (Å²) in [4.78, 5) is 40.9. The molecule has 1 saturated carbocycles. The van der Waals surface area contributed by atoms with Gasteiger partial charge in [-0.1, -0.05) is 31.4 Å². The van der Waals surface area contributed by atoms with Gasteiger partial charge in [0.15, 0.2) is 0 Å². The average Bonchev–Trinajstić information content (AvgIpc) is 3.24. The fourth-order valence-electron chi connectivity index (χ4n) is 7.63. The highest BCUT2D eigenvalue weighted by atomic mass is 19.4. The zero-order valence-corrected chi connectivity index (χ0v) is 25.9. The molecular formula is C32H45F4N3O5. The second-order valence-electron chi connectivity index (χ2n) is 13.7. The van der Waals surface area contributed by atoms with Crippen LogP contribution in [0.4, 0.5) is 22.4 Å². The van der Waals surface area contributed by atoms with Gasteiger partial charge in [-0.15, -0.1) is 0 Å². The van der Waals surface area contributed by atoms with Crippen LogP contribution in [0, 0.1) is 23.1 Å². The fourth-order valence-corrected chi connectivity index (χ4v) is 7.63. The van der Waals surface area contributed by atoms with Gasteiger partial charge in [-0.3, -0.25) is 9.69 Å². The first-order chi connectivity index (χ1) is 20.6. The van der Waals surface area contributed by atoms with E-state index in [0.29, 0.717) is 12.5 Å². The maximum atomic E-state index is 14.0. The maximum absolute atomic E-state index is 14.0. The van der Waals surface area contributed by atoms with Crippen molar-refractivity contribution in [2.24, 2.45) is 17.3 Å². The minimum Gasteiger partial charge on any atom is -0.542 e. The van der Waals surface area contributed by atoms with Gasteiger partial charge in [-0.2, -0.15) is 13.2 Å². The van der Waals surface area contributed by atoms with Crippen LogP contribution in [-0.2, 0) is 14.3 Å². The van der Waals surface area contributed by atoms with Gasteiger partial charge in [-0.05, 0) is 68.6 Å². The Morgan fingerprint density at radius 3 is 2.16 bits per heavy atom. The van der Waals surface area contributed by atoms with Crippen LogP contribution in [0.1, 0.15) is 76.7 Å². The summed E-state index contributed by atoms with van der Waals surface area (Å²) in [5.74, 6) is -2.31. The summed E-state index contributed by atoms with van der Waals surface area (Å²) in [6.45, 7) is 8.78. The molecule has 3 saturated heterocycles. The Labute approximate surface area is 256 Å². The van der Waals surface area contributed by atoms with E-state index in [2.05, 4.69) is 25.8 Å². The number of quaternary nitrogens is 1. The molecule has 0 aromatic heterocycles. The number of benzene rings is 1. The van der Waals surface area contributed by atoms with Gasteiger partial charge < -0.3 is 24.4 Å². The van der Waals surface area contributed by atoms with Gasteiger partial charge in [0.1, 0.15) is 18.4 Å². The Morgan fingerprint density at radius 1 is 1.05 bits per heavy atom. The number of likely N-dealkylation sites (tertiary alicyclic amines) is 2. The Bertz CT molecular complexity index is 1160. The largest absolute Gasteiger partial charge is 0.542 e. The molecule has 3 unspecified atom stereocenters. The first-order valence-corrected chi connectivity index (χ1v) is 15.7. The van der Waals surface area contributed by atoms with Crippen molar-refractivity contribution in [2.75, 3.05) is 46.4 Å². The van der Waals surface area contributed by atoms with Crippen LogP contribution >= 0.6 is 0 Å². The highest BCUT2D eigenvalue weighted by Gasteiger charge is 2.50. The molecule has 8 nitrogen and oxygen atoms in total. The molecule has 44 heavy (non-hydrogen) atoms. The number of likely N-dealkylation sites (N-methyl/N-ethyl adjacent to an activating group) is 1. The lowest BCUT2D eigenvalue weighted by Crippen LogP contribution is -3.11. The van der Waals surface area contributed by atoms with Crippen molar-refractivity contribution in [1.82, 2.24) is 9.80 Å². The Hall–Kier alpha value is -2.89. The Kier molecular flexibility index (Phi) is 10.5. The standard InChI is InChI=1S/C30H44FN3O3.C2HF3O2/c1-29(2)21-37-28(36)34(29)20-30(23-7-5-4-6-8-23)14-17-33(18-15-30)27(35)25-13-16-32(3)19-26(25)22-9-11-24(31)12-10-22;3-2(4,5)1(6)7/h9-12,23,25-26H,4-8,13-21H2,1-3H3;(H,6,7). The number of hydrogen-bond donors (Lipinski definition) is 1. The number of nitrogens with one attached hydrogen (secondary N) is 1. The number of carboxylic acid groups (broad SMARTS) is 1. The Morgan fingerprint density at radius 2 is 1.64 bits per heavy atom. The number of ether oxygens (including phenoxy) is 1. The van der Waals surface area contributed by atoms with E-state index in [0.717, 1.165) is 57.5 Å². The number of halogens is 4. The predicted molar refractivity (Wildman–Crippen MR) is 152 cm³/mol. The van der Waals surface area contributed by atoms with Gasteiger partial charge in [0.25, 0.3) is 0 Å². The fraction of sp³-hybridized carbons (Fsp3) is 0.719. The number of cyclic esters (lactones) is 1. The number of carboxylic acids is 1. The van der Waals surface area contributed by atoms with Gasteiger partial charge in [0.05, 0.1) is 31.6 Å². The van der Waals surface area contributed by atoms with Gasteiger partial charge in [0.2, 0.25) is 5.91 Å². The van der Waals surface area contributed by atoms with Gasteiger partial charge >= 0.3 is 12.3 Å². The summed E-state index contributed by atoms with van der Waals surface area (Å²) in [7, 11) is 2.18. The van der Waals surface area contributed by atoms with Gasteiger partial charge in [0, 0.05) is 32.0 Å². The summed E-state index contributed by atoms with van der Waals surface area (Å²) in [5.41, 5.74) is 0.831. The van der Waals surface area contributed by atoms with Crippen molar-refractivity contribution in [3.63, 3.8) is 0 Å². The molecule has 0 bridgehead atoms. The Balaban J connectivity index is 0.000000566. The number of carbonyl (C=O) groups excluding carboxylic acids is 3. The third kappa shape index (κ3) is 7.84. The van der Waals surface area contributed by atoms with Crippen molar-refractivity contribution < 1.29 is 46.7 Å². The predicted octanol–water partition coefficient (Wildman–Crippen LogP) is 3.16. The molecule has 3 atom stereocenters. The first kappa shape index (κ1) is 34.0. The molecule has 3 heterocycles. The quantitative estimate of drug-likeness (QED) is 0.507. The summed E-state index contributed by atoms with van der Waals surface area (Å²) in [6, 6.07) is 6.76. The molecule has 246 valence electrons. The molecular weight excluding hydrogens is 582 g/mol. The van der Waals surface area contributed by atoms with E-state index in [-0.39, 0.29) is 40.6 Å². The molecule has 4 fully saturated rings. The van der Waals surface area contributed by atoms with Crippen LogP contribution < -0.4 is 10.0 Å². The van der Waals surface area contributed by atoms with Crippen molar-refractivity contribution in [1.29, 1.82) is 0 Å². The molecule has 1 aliphatic carbocycles. The molecule has 1 aromatic rings. The van der Waals surface area contributed by atoms with Crippen molar-refractivity contribution >= 4 is 18.0 Å². The van der Waals surface area contributed by atoms with E-state index >= 15 is 0 Å². The number of aliphatic carboxylic acids is 1. The average molecular weight is 628 g/mol. The molecule has 5 rings (SSSR count). The van der Waals surface area contributed by atoms with Crippen LogP contribution in [0.15, 0.2) is 24.3 Å². The second kappa shape index (κ2) is 13.6. The topological polar surface area (TPSA) is 94.4 Å². The normalized spacial score (nSPS) is 27.2. The minimum absolute atomic E-state index is 0.0467. The van der Waals surface area contributed by atoms with E-state index < -0.39 is 12.1 Å². The van der Waals surface area contributed by atoms with E-state index in [9.17, 15) is 27.2 Å². The summed E-state index contributed by atoms with van der Waals surface area (Å²) in [5, 5.41) is 8.78.